The van der Waals surface area contributed by atoms with E-state index in [0.717, 1.165) is 11.2 Å². The Morgan fingerprint density at radius 3 is 3.00 bits per heavy atom. The minimum absolute atomic E-state index is 0.382. The summed E-state index contributed by atoms with van der Waals surface area (Å²) in [4.78, 5) is 1.21. The average molecular weight is 236 g/mol. The fourth-order valence-electron chi connectivity index (χ4n) is 2.47. The largest absolute Gasteiger partial charge is 0.508 e. The monoisotopic (exact) mass is 236 g/mol. The molecule has 0 heterocycles. The van der Waals surface area contributed by atoms with E-state index in [1.54, 1.807) is 6.07 Å². The van der Waals surface area contributed by atoms with Gasteiger partial charge in [0, 0.05) is 10.1 Å². The standard InChI is InChI=1S/C14H20OS/c1-2-11-5-3-7-13(9-11)16-14-8-4-6-12(15)10-14/h4,6,8,10-11,13,15H,2-3,5,7,9H2,1H3. The molecule has 0 radical (unpaired) electrons. The van der Waals surface area contributed by atoms with Crippen LogP contribution < -0.4 is 0 Å². The average Bonchev–Trinajstić information content (AvgIpc) is 2.29. The number of phenolic OH excluding ortho intramolecular Hbond substituents is 1. The lowest BCUT2D eigenvalue weighted by Gasteiger charge is -2.27. The molecule has 88 valence electrons. The molecule has 2 heteroatoms. The number of hydrogen-bond acceptors (Lipinski definition) is 2. The van der Waals surface area contributed by atoms with E-state index in [1.165, 1.54) is 37.0 Å². The zero-order valence-corrected chi connectivity index (χ0v) is 10.7. The highest BCUT2D eigenvalue weighted by Crippen LogP contribution is 2.37. The van der Waals surface area contributed by atoms with Crippen molar-refractivity contribution in [3.8, 4) is 5.75 Å². The van der Waals surface area contributed by atoms with E-state index in [9.17, 15) is 5.11 Å². The molecule has 1 nitrogen and oxygen atoms in total. The van der Waals surface area contributed by atoms with Gasteiger partial charge in [-0.25, -0.2) is 0 Å². The fraction of sp³-hybridized carbons (Fsp3) is 0.571. The first-order valence-corrected chi connectivity index (χ1v) is 7.11. The highest BCUT2D eigenvalue weighted by molar-refractivity contribution is 8.00. The summed E-state index contributed by atoms with van der Waals surface area (Å²) < 4.78 is 0. The summed E-state index contributed by atoms with van der Waals surface area (Å²) in [5.41, 5.74) is 0. The van der Waals surface area contributed by atoms with Gasteiger partial charge in [-0.1, -0.05) is 32.3 Å². The summed E-state index contributed by atoms with van der Waals surface area (Å²) in [6, 6.07) is 7.64. The lowest BCUT2D eigenvalue weighted by Crippen LogP contribution is -2.16. The fourth-order valence-corrected chi connectivity index (χ4v) is 3.85. The minimum atomic E-state index is 0.382. The summed E-state index contributed by atoms with van der Waals surface area (Å²) >= 11 is 1.94. The van der Waals surface area contributed by atoms with Gasteiger partial charge in [-0.3, -0.25) is 0 Å². The Labute approximate surface area is 102 Å². The molecule has 2 rings (SSSR count). The molecule has 1 aromatic carbocycles. The Kier molecular flexibility index (Phi) is 4.16. The van der Waals surface area contributed by atoms with Gasteiger partial charge in [0.2, 0.25) is 0 Å². The zero-order chi connectivity index (χ0) is 11.4. The normalized spacial score (nSPS) is 25.6. The van der Waals surface area contributed by atoms with Crippen LogP contribution in [0.1, 0.15) is 39.0 Å². The van der Waals surface area contributed by atoms with E-state index in [2.05, 4.69) is 13.0 Å². The molecule has 0 bridgehead atoms. The van der Waals surface area contributed by atoms with E-state index < -0.39 is 0 Å². The second-order valence-corrected chi connectivity index (χ2v) is 6.05. The molecule has 0 saturated heterocycles. The van der Waals surface area contributed by atoms with Crippen molar-refractivity contribution in [1.29, 1.82) is 0 Å². The van der Waals surface area contributed by atoms with Gasteiger partial charge < -0.3 is 5.11 Å². The van der Waals surface area contributed by atoms with Crippen LogP contribution in [0.25, 0.3) is 0 Å². The van der Waals surface area contributed by atoms with E-state index in [1.807, 2.05) is 23.9 Å². The van der Waals surface area contributed by atoms with Gasteiger partial charge in [-0.05, 0) is 37.0 Å². The molecule has 1 N–H and O–H groups in total. The number of phenols is 1. The third kappa shape index (κ3) is 3.18. The van der Waals surface area contributed by atoms with Crippen LogP contribution in [0.5, 0.6) is 5.75 Å². The smallest absolute Gasteiger partial charge is 0.116 e. The van der Waals surface area contributed by atoms with Crippen LogP contribution in [0.4, 0.5) is 0 Å². The number of aromatic hydroxyl groups is 1. The summed E-state index contributed by atoms with van der Waals surface area (Å²) in [5, 5.41) is 10.2. The summed E-state index contributed by atoms with van der Waals surface area (Å²) in [7, 11) is 0. The first-order valence-electron chi connectivity index (χ1n) is 6.23. The van der Waals surface area contributed by atoms with Crippen LogP contribution in [-0.4, -0.2) is 10.4 Å². The molecule has 2 unspecified atom stereocenters. The Morgan fingerprint density at radius 1 is 1.38 bits per heavy atom. The van der Waals surface area contributed by atoms with Crippen molar-refractivity contribution in [2.75, 3.05) is 0 Å². The van der Waals surface area contributed by atoms with Gasteiger partial charge in [-0.15, -0.1) is 11.8 Å². The third-order valence-corrected chi connectivity index (χ3v) is 4.72. The molecule has 16 heavy (non-hydrogen) atoms. The molecule has 0 spiro atoms. The van der Waals surface area contributed by atoms with Crippen LogP contribution in [0.15, 0.2) is 29.2 Å². The summed E-state index contributed by atoms with van der Waals surface area (Å²) in [6.45, 7) is 2.30. The lowest BCUT2D eigenvalue weighted by atomic mass is 9.87. The highest BCUT2D eigenvalue weighted by Gasteiger charge is 2.21. The van der Waals surface area contributed by atoms with Gasteiger partial charge in [0.15, 0.2) is 0 Å². The summed E-state index contributed by atoms with van der Waals surface area (Å²) in [6.07, 6.45) is 6.77. The maximum Gasteiger partial charge on any atom is 0.116 e. The SMILES string of the molecule is CCC1CCCC(Sc2cccc(O)c2)C1. The van der Waals surface area contributed by atoms with Gasteiger partial charge in [0.1, 0.15) is 5.75 Å². The molecule has 2 atom stereocenters. The van der Waals surface area contributed by atoms with E-state index in [-0.39, 0.29) is 0 Å². The number of benzene rings is 1. The van der Waals surface area contributed by atoms with Crippen LogP contribution in [0.2, 0.25) is 0 Å². The van der Waals surface area contributed by atoms with Crippen LogP contribution in [0, 0.1) is 5.92 Å². The first-order chi connectivity index (χ1) is 7.78. The second kappa shape index (κ2) is 5.62. The van der Waals surface area contributed by atoms with Crippen molar-refractivity contribution < 1.29 is 5.11 Å². The maximum absolute atomic E-state index is 9.43. The third-order valence-electron chi connectivity index (χ3n) is 3.43. The molecule has 1 saturated carbocycles. The topological polar surface area (TPSA) is 20.2 Å². The second-order valence-electron chi connectivity index (χ2n) is 4.68. The number of rotatable bonds is 3. The van der Waals surface area contributed by atoms with Crippen LogP contribution >= 0.6 is 11.8 Å². The van der Waals surface area contributed by atoms with Crippen molar-refractivity contribution in [3.63, 3.8) is 0 Å². The van der Waals surface area contributed by atoms with Gasteiger partial charge in [0.25, 0.3) is 0 Å². The zero-order valence-electron chi connectivity index (χ0n) is 9.86. The van der Waals surface area contributed by atoms with E-state index >= 15 is 0 Å². The Bertz CT molecular complexity index is 337. The molecule has 0 aromatic heterocycles. The van der Waals surface area contributed by atoms with Crippen molar-refractivity contribution in [2.24, 2.45) is 5.92 Å². The number of hydrogen-bond donors (Lipinski definition) is 1. The van der Waals surface area contributed by atoms with Gasteiger partial charge >= 0.3 is 0 Å². The Morgan fingerprint density at radius 2 is 2.25 bits per heavy atom. The molecule has 0 amide bonds. The summed E-state index contributed by atoms with van der Waals surface area (Å²) in [5.74, 6) is 1.30. The van der Waals surface area contributed by atoms with Crippen molar-refractivity contribution >= 4 is 11.8 Å². The van der Waals surface area contributed by atoms with Crippen LogP contribution in [0.3, 0.4) is 0 Å². The number of thioether (sulfide) groups is 1. The predicted molar refractivity (Wildman–Crippen MR) is 70.0 cm³/mol. The highest BCUT2D eigenvalue weighted by atomic mass is 32.2. The molecular formula is C14H20OS. The van der Waals surface area contributed by atoms with Gasteiger partial charge in [-0.2, -0.15) is 0 Å². The minimum Gasteiger partial charge on any atom is -0.508 e. The van der Waals surface area contributed by atoms with E-state index in [4.69, 9.17) is 0 Å². The Hall–Kier alpha value is -0.630. The Balaban J connectivity index is 1.94. The lowest BCUT2D eigenvalue weighted by molar-refractivity contribution is 0.357. The van der Waals surface area contributed by atoms with Crippen molar-refractivity contribution in [2.45, 2.75) is 49.2 Å². The van der Waals surface area contributed by atoms with Crippen molar-refractivity contribution in [3.05, 3.63) is 24.3 Å². The van der Waals surface area contributed by atoms with Crippen LogP contribution in [-0.2, 0) is 0 Å². The quantitative estimate of drug-likeness (QED) is 0.836. The molecule has 1 fully saturated rings. The molecular weight excluding hydrogens is 216 g/mol. The molecule has 0 aliphatic heterocycles. The molecule has 1 aliphatic carbocycles. The van der Waals surface area contributed by atoms with E-state index in [0.29, 0.717) is 5.75 Å². The van der Waals surface area contributed by atoms with Gasteiger partial charge in [0.05, 0.1) is 0 Å². The first kappa shape index (κ1) is 11.8. The molecule has 1 aromatic rings. The van der Waals surface area contributed by atoms with Crippen molar-refractivity contribution in [1.82, 2.24) is 0 Å². The predicted octanol–water partition coefficient (Wildman–Crippen LogP) is 4.45. The molecule has 1 aliphatic rings. The maximum atomic E-state index is 9.43.